The average molecular weight is 240 g/mol. The number of esters is 1. The minimum Gasteiger partial charge on any atom is -0.496 e. The monoisotopic (exact) mass is 240 g/mol. The lowest BCUT2D eigenvalue weighted by atomic mass is 10.2. The Morgan fingerprint density at radius 1 is 1.44 bits per heavy atom. The fraction of sp³-hybridized carbons (Fsp3) is 0.417. The van der Waals surface area contributed by atoms with Gasteiger partial charge in [0.15, 0.2) is 0 Å². The third kappa shape index (κ3) is 3.77. The average Bonchev–Trinajstić information content (AvgIpc) is 2.27. The van der Waals surface area contributed by atoms with Gasteiger partial charge in [-0.05, 0) is 37.6 Å². The van der Waals surface area contributed by atoms with E-state index in [1.807, 2.05) is 25.1 Å². The summed E-state index contributed by atoms with van der Waals surface area (Å²) < 4.78 is 10.0. The molecule has 0 unspecified atom stereocenters. The summed E-state index contributed by atoms with van der Waals surface area (Å²) in [6.07, 6.45) is 0. The van der Waals surface area contributed by atoms with Gasteiger partial charge in [0.1, 0.15) is 5.75 Å². The summed E-state index contributed by atoms with van der Waals surface area (Å²) in [5.41, 5.74) is 1.07. The maximum absolute atomic E-state index is 11.2. The zero-order chi connectivity index (χ0) is 12.0. The number of methoxy groups -OCH3 is 1. The molecular formula is C12H16O3S. The van der Waals surface area contributed by atoms with Crippen LogP contribution in [-0.2, 0) is 9.53 Å². The largest absolute Gasteiger partial charge is 0.496 e. The van der Waals surface area contributed by atoms with E-state index in [2.05, 4.69) is 0 Å². The van der Waals surface area contributed by atoms with Crippen LogP contribution in [-0.4, -0.2) is 25.4 Å². The Kier molecular flexibility index (Phi) is 5.19. The number of thioether (sulfide) groups is 1. The number of benzene rings is 1. The molecule has 0 bridgehead atoms. The first-order chi connectivity index (χ1) is 7.67. The summed E-state index contributed by atoms with van der Waals surface area (Å²) >= 11 is 1.47. The number of aryl methyl sites for hydroxylation is 1. The van der Waals surface area contributed by atoms with Crippen LogP contribution >= 0.6 is 11.8 Å². The van der Waals surface area contributed by atoms with Gasteiger partial charge in [-0.2, -0.15) is 0 Å². The van der Waals surface area contributed by atoms with Crippen molar-refractivity contribution in [1.82, 2.24) is 0 Å². The third-order valence-corrected chi connectivity index (χ3v) is 3.00. The Labute approximate surface area is 100 Å². The third-order valence-electron chi connectivity index (χ3n) is 2.03. The summed E-state index contributed by atoms with van der Waals surface area (Å²) in [6, 6.07) is 5.85. The van der Waals surface area contributed by atoms with Crippen LogP contribution in [0.5, 0.6) is 5.75 Å². The molecule has 16 heavy (non-hydrogen) atoms. The van der Waals surface area contributed by atoms with Gasteiger partial charge in [-0.25, -0.2) is 0 Å². The molecule has 0 fully saturated rings. The van der Waals surface area contributed by atoms with Crippen LogP contribution in [0.3, 0.4) is 0 Å². The molecule has 1 rings (SSSR count). The first-order valence-electron chi connectivity index (χ1n) is 5.10. The van der Waals surface area contributed by atoms with Crippen LogP contribution in [0.1, 0.15) is 12.5 Å². The number of hydrogen-bond donors (Lipinski definition) is 0. The van der Waals surface area contributed by atoms with Crippen LogP contribution < -0.4 is 4.74 Å². The smallest absolute Gasteiger partial charge is 0.316 e. The molecule has 3 nitrogen and oxygen atoms in total. The van der Waals surface area contributed by atoms with E-state index in [1.165, 1.54) is 11.8 Å². The van der Waals surface area contributed by atoms with Crippen LogP contribution in [0.25, 0.3) is 0 Å². The fourth-order valence-corrected chi connectivity index (χ4v) is 2.08. The van der Waals surface area contributed by atoms with E-state index in [9.17, 15) is 4.79 Å². The Morgan fingerprint density at radius 3 is 2.75 bits per heavy atom. The predicted octanol–water partition coefficient (Wildman–Crippen LogP) is 2.66. The number of ether oxygens (including phenoxy) is 2. The van der Waals surface area contributed by atoms with Crippen molar-refractivity contribution in [3.63, 3.8) is 0 Å². The van der Waals surface area contributed by atoms with Crippen molar-refractivity contribution in [2.75, 3.05) is 19.5 Å². The van der Waals surface area contributed by atoms with E-state index >= 15 is 0 Å². The van der Waals surface area contributed by atoms with Gasteiger partial charge in [0, 0.05) is 4.90 Å². The first-order valence-corrected chi connectivity index (χ1v) is 6.09. The normalized spacial score (nSPS) is 9.94. The predicted molar refractivity (Wildman–Crippen MR) is 65.1 cm³/mol. The van der Waals surface area contributed by atoms with E-state index < -0.39 is 0 Å². The molecule has 0 atom stereocenters. The van der Waals surface area contributed by atoms with Crippen molar-refractivity contribution >= 4 is 17.7 Å². The lowest BCUT2D eigenvalue weighted by molar-refractivity contribution is -0.139. The Balaban J connectivity index is 2.55. The van der Waals surface area contributed by atoms with E-state index in [1.54, 1.807) is 14.0 Å². The van der Waals surface area contributed by atoms with Crippen molar-refractivity contribution in [1.29, 1.82) is 0 Å². The molecule has 1 aromatic carbocycles. The summed E-state index contributed by atoms with van der Waals surface area (Å²) in [7, 11) is 1.65. The van der Waals surface area contributed by atoms with E-state index in [-0.39, 0.29) is 5.97 Å². The quantitative estimate of drug-likeness (QED) is 0.585. The molecule has 1 aromatic rings. The zero-order valence-corrected chi connectivity index (χ0v) is 10.6. The van der Waals surface area contributed by atoms with Crippen LogP contribution in [0.4, 0.5) is 0 Å². The number of rotatable bonds is 5. The highest BCUT2D eigenvalue weighted by atomic mass is 32.2. The minimum absolute atomic E-state index is 0.180. The molecule has 4 heteroatoms. The number of carbonyl (C=O) groups excluding carboxylic acids is 1. The highest BCUT2D eigenvalue weighted by Crippen LogP contribution is 2.25. The van der Waals surface area contributed by atoms with Crippen molar-refractivity contribution in [2.45, 2.75) is 18.7 Å². The van der Waals surface area contributed by atoms with E-state index in [0.29, 0.717) is 12.4 Å². The van der Waals surface area contributed by atoms with E-state index in [0.717, 1.165) is 16.2 Å². The van der Waals surface area contributed by atoms with Gasteiger partial charge in [-0.3, -0.25) is 4.79 Å². The molecule has 0 aromatic heterocycles. The molecule has 0 aliphatic carbocycles. The van der Waals surface area contributed by atoms with Gasteiger partial charge in [-0.1, -0.05) is 0 Å². The Bertz CT molecular complexity index is 363. The van der Waals surface area contributed by atoms with Gasteiger partial charge >= 0.3 is 5.97 Å². The lowest BCUT2D eigenvalue weighted by Crippen LogP contribution is -2.06. The van der Waals surface area contributed by atoms with Crippen molar-refractivity contribution in [2.24, 2.45) is 0 Å². The second-order valence-electron chi connectivity index (χ2n) is 3.23. The van der Waals surface area contributed by atoms with Gasteiger partial charge in [-0.15, -0.1) is 11.8 Å². The highest BCUT2D eigenvalue weighted by molar-refractivity contribution is 8.00. The molecular weight excluding hydrogens is 224 g/mol. The molecule has 0 radical (unpaired) electrons. The number of hydrogen-bond acceptors (Lipinski definition) is 4. The molecule has 0 heterocycles. The van der Waals surface area contributed by atoms with Gasteiger partial charge in [0.25, 0.3) is 0 Å². The molecule has 0 saturated heterocycles. The molecule has 0 amide bonds. The van der Waals surface area contributed by atoms with Crippen molar-refractivity contribution in [3.8, 4) is 5.75 Å². The zero-order valence-electron chi connectivity index (χ0n) is 9.78. The minimum atomic E-state index is -0.180. The number of carbonyl (C=O) groups is 1. The summed E-state index contributed by atoms with van der Waals surface area (Å²) in [5, 5.41) is 0. The Hall–Kier alpha value is -1.16. The van der Waals surface area contributed by atoms with Crippen LogP contribution in [0.15, 0.2) is 23.1 Å². The first kappa shape index (κ1) is 12.9. The molecule has 0 N–H and O–H groups in total. The molecule has 0 aliphatic heterocycles. The van der Waals surface area contributed by atoms with Crippen LogP contribution in [0.2, 0.25) is 0 Å². The topological polar surface area (TPSA) is 35.5 Å². The second kappa shape index (κ2) is 6.43. The maximum Gasteiger partial charge on any atom is 0.316 e. The maximum atomic E-state index is 11.2. The summed E-state index contributed by atoms with van der Waals surface area (Å²) in [6.45, 7) is 4.22. The van der Waals surface area contributed by atoms with Crippen molar-refractivity contribution in [3.05, 3.63) is 23.8 Å². The molecule has 88 valence electrons. The van der Waals surface area contributed by atoms with Crippen molar-refractivity contribution < 1.29 is 14.3 Å². The van der Waals surface area contributed by atoms with E-state index in [4.69, 9.17) is 9.47 Å². The summed E-state index contributed by atoms with van der Waals surface area (Å²) in [4.78, 5) is 12.2. The standard InChI is InChI=1S/C12H16O3S/c1-4-15-12(13)8-16-10-5-6-11(14-3)9(2)7-10/h5-7H,4,8H2,1-3H3. The van der Waals surface area contributed by atoms with Crippen LogP contribution in [0, 0.1) is 6.92 Å². The molecule has 0 spiro atoms. The molecule has 0 aliphatic rings. The van der Waals surface area contributed by atoms with Gasteiger partial charge in [0.05, 0.1) is 19.5 Å². The highest BCUT2D eigenvalue weighted by Gasteiger charge is 2.05. The SMILES string of the molecule is CCOC(=O)CSc1ccc(OC)c(C)c1. The molecule has 0 saturated carbocycles. The lowest BCUT2D eigenvalue weighted by Gasteiger charge is -2.06. The van der Waals surface area contributed by atoms with Gasteiger partial charge < -0.3 is 9.47 Å². The summed E-state index contributed by atoms with van der Waals surface area (Å²) in [5.74, 6) is 1.03. The van der Waals surface area contributed by atoms with Gasteiger partial charge in [0.2, 0.25) is 0 Å². The second-order valence-corrected chi connectivity index (χ2v) is 4.27. The fourth-order valence-electron chi connectivity index (χ4n) is 1.29. The Morgan fingerprint density at radius 2 is 2.19 bits per heavy atom.